The third-order valence-electron chi connectivity index (χ3n) is 5.36. The van der Waals surface area contributed by atoms with Gasteiger partial charge in [-0.2, -0.15) is 5.10 Å². The van der Waals surface area contributed by atoms with Crippen molar-refractivity contribution in [3.8, 4) is 0 Å². The average molecular weight is 342 g/mol. The lowest BCUT2D eigenvalue weighted by Crippen LogP contribution is -2.46. The molecule has 2 atom stereocenters. The number of aromatic amines is 1. The topological polar surface area (TPSA) is 52.2 Å². The minimum Gasteiger partial charge on any atom is -0.308 e. The number of para-hydroxylation sites is 1. The SMILES string of the molecule is Cc1cc([C@@H]2CCCN([C@H]3CCN(c4ccccc4F)C3=O)C2)n[nH]1. The number of benzene rings is 1. The molecule has 3 heterocycles. The third kappa shape index (κ3) is 3.06. The van der Waals surface area contributed by atoms with Crippen molar-refractivity contribution in [1.29, 1.82) is 0 Å². The van der Waals surface area contributed by atoms with E-state index < -0.39 is 0 Å². The van der Waals surface area contributed by atoms with Gasteiger partial charge in [-0.3, -0.25) is 14.8 Å². The molecule has 0 radical (unpaired) electrons. The van der Waals surface area contributed by atoms with Gasteiger partial charge in [-0.25, -0.2) is 4.39 Å². The van der Waals surface area contributed by atoms with Gasteiger partial charge in [0.25, 0.3) is 0 Å². The van der Waals surface area contributed by atoms with Crippen molar-refractivity contribution < 1.29 is 9.18 Å². The molecule has 2 aromatic rings. The fourth-order valence-electron chi connectivity index (χ4n) is 4.09. The highest BCUT2D eigenvalue weighted by Gasteiger charge is 2.39. The lowest BCUT2D eigenvalue weighted by atomic mass is 9.93. The zero-order chi connectivity index (χ0) is 17.4. The number of H-pyrrole nitrogens is 1. The lowest BCUT2D eigenvalue weighted by molar-refractivity contribution is -0.122. The van der Waals surface area contributed by atoms with Crippen LogP contribution in [0.3, 0.4) is 0 Å². The molecule has 0 saturated carbocycles. The van der Waals surface area contributed by atoms with Crippen LogP contribution in [0.25, 0.3) is 0 Å². The Bertz CT molecular complexity index is 774. The molecule has 4 rings (SSSR count). The first-order valence-corrected chi connectivity index (χ1v) is 8.95. The van der Waals surface area contributed by atoms with Gasteiger partial charge in [-0.1, -0.05) is 12.1 Å². The van der Waals surface area contributed by atoms with Gasteiger partial charge in [0.05, 0.1) is 17.4 Å². The fraction of sp³-hybridized carbons (Fsp3) is 0.474. The van der Waals surface area contributed by atoms with E-state index in [0.29, 0.717) is 18.2 Å². The Morgan fingerprint density at radius 3 is 2.84 bits per heavy atom. The first-order valence-electron chi connectivity index (χ1n) is 8.95. The molecule has 1 amide bonds. The maximum Gasteiger partial charge on any atom is 0.244 e. The van der Waals surface area contributed by atoms with Crippen molar-refractivity contribution in [2.75, 3.05) is 24.5 Å². The predicted molar refractivity (Wildman–Crippen MR) is 94.0 cm³/mol. The molecule has 25 heavy (non-hydrogen) atoms. The molecule has 1 aromatic carbocycles. The second-order valence-electron chi connectivity index (χ2n) is 7.06. The summed E-state index contributed by atoms with van der Waals surface area (Å²) in [6.45, 7) is 4.34. The molecule has 2 fully saturated rings. The quantitative estimate of drug-likeness (QED) is 0.933. The van der Waals surface area contributed by atoms with E-state index in [2.05, 4.69) is 21.2 Å². The van der Waals surface area contributed by atoms with Crippen LogP contribution in [0.15, 0.2) is 30.3 Å². The van der Waals surface area contributed by atoms with E-state index in [1.54, 1.807) is 23.1 Å². The number of likely N-dealkylation sites (tertiary alicyclic amines) is 1. The number of aryl methyl sites for hydroxylation is 1. The molecule has 0 spiro atoms. The van der Waals surface area contributed by atoms with Crippen LogP contribution in [0, 0.1) is 12.7 Å². The molecule has 0 aliphatic carbocycles. The summed E-state index contributed by atoms with van der Waals surface area (Å²) in [6, 6.07) is 8.46. The van der Waals surface area contributed by atoms with Crippen LogP contribution in [0.5, 0.6) is 0 Å². The van der Waals surface area contributed by atoms with Crippen molar-refractivity contribution in [1.82, 2.24) is 15.1 Å². The second kappa shape index (κ2) is 6.59. The zero-order valence-corrected chi connectivity index (χ0v) is 14.4. The first kappa shape index (κ1) is 16.3. The van der Waals surface area contributed by atoms with Crippen molar-refractivity contribution in [2.24, 2.45) is 0 Å². The smallest absolute Gasteiger partial charge is 0.244 e. The van der Waals surface area contributed by atoms with Crippen LogP contribution < -0.4 is 4.90 Å². The molecule has 2 aliphatic heterocycles. The number of nitrogens with zero attached hydrogens (tertiary/aromatic N) is 3. The summed E-state index contributed by atoms with van der Waals surface area (Å²) in [5, 5.41) is 7.41. The molecular weight excluding hydrogens is 319 g/mol. The number of nitrogens with one attached hydrogen (secondary N) is 1. The number of anilines is 1. The Morgan fingerprint density at radius 2 is 2.08 bits per heavy atom. The predicted octanol–water partition coefficient (Wildman–Crippen LogP) is 2.84. The number of rotatable bonds is 3. The normalized spacial score (nSPS) is 24.9. The van der Waals surface area contributed by atoms with E-state index in [-0.39, 0.29) is 17.8 Å². The Labute approximate surface area is 146 Å². The molecule has 132 valence electrons. The monoisotopic (exact) mass is 342 g/mol. The molecule has 0 unspecified atom stereocenters. The molecule has 0 bridgehead atoms. The molecule has 1 N–H and O–H groups in total. The van der Waals surface area contributed by atoms with E-state index in [1.165, 1.54) is 6.07 Å². The zero-order valence-electron chi connectivity index (χ0n) is 14.4. The number of piperidine rings is 1. The van der Waals surface area contributed by atoms with Gasteiger partial charge in [0.1, 0.15) is 5.82 Å². The third-order valence-corrected chi connectivity index (χ3v) is 5.36. The average Bonchev–Trinajstić information content (AvgIpc) is 3.22. The number of aromatic nitrogens is 2. The van der Waals surface area contributed by atoms with E-state index in [4.69, 9.17) is 0 Å². The summed E-state index contributed by atoms with van der Waals surface area (Å²) in [5.41, 5.74) is 2.54. The summed E-state index contributed by atoms with van der Waals surface area (Å²) in [4.78, 5) is 16.8. The van der Waals surface area contributed by atoms with Crippen LogP contribution in [-0.2, 0) is 4.79 Å². The van der Waals surface area contributed by atoms with Gasteiger partial charge in [0.15, 0.2) is 0 Å². The number of hydrogen-bond acceptors (Lipinski definition) is 3. The molecule has 1 aromatic heterocycles. The maximum atomic E-state index is 14.1. The fourth-order valence-corrected chi connectivity index (χ4v) is 4.09. The van der Waals surface area contributed by atoms with Crippen LogP contribution in [0.1, 0.15) is 36.6 Å². The number of carbonyl (C=O) groups excluding carboxylic acids is 1. The van der Waals surface area contributed by atoms with Gasteiger partial charge in [0, 0.05) is 24.7 Å². The van der Waals surface area contributed by atoms with Gasteiger partial charge in [0.2, 0.25) is 5.91 Å². The summed E-state index contributed by atoms with van der Waals surface area (Å²) < 4.78 is 14.1. The van der Waals surface area contributed by atoms with E-state index in [1.807, 2.05) is 6.92 Å². The lowest BCUT2D eigenvalue weighted by Gasteiger charge is -2.35. The Morgan fingerprint density at radius 1 is 1.24 bits per heavy atom. The molecule has 2 saturated heterocycles. The van der Waals surface area contributed by atoms with Crippen molar-refractivity contribution in [2.45, 2.75) is 38.1 Å². The van der Waals surface area contributed by atoms with Crippen molar-refractivity contribution in [3.63, 3.8) is 0 Å². The number of amides is 1. The highest BCUT2D eigenvalue weighted by molar-refractivity contribution is 5.99. The largest absolute Gasteiger partial charge is 0.308 e. The summed E-state index contributed by atoms with van der Waals surface area (Å²) in [7, 11) is 0. The minimum absolute atomic E-state index is 0.0176. The standard InChI is InChI=1S/C19H23FN4O/c1-13-11-16(22-21-13)14-5-4-9-23(12-14)18-8-10-24(19(18)25)17-7-3-2-6-15(17)20/h2-3,6-7,11,14,18H,4-5,8-10,12H2,1H3,(H,21,22)/t14-,18+/m1/s1. The van der Waals surface area contributed by atoms with Gasteiger partial charge < -0.3 is 4.90 Å². The van der Waals surface area contributed by atoms with E-state index in [0.717, 1.165) is 43.7 Å². The van der Waals surface area contributed by atoms with Gasteiger partial charge in [-0.05, 0) is 50.9 Å². The van der Waals surface area contributed by atoms with Gasteiger partial charge in [-0.15, -0.1) is 0 Å². The first-order chi connectivity index (χ1) is 12.1. The van der Waals surface area contributed by atoms with Crippen LogP contribution >= 0.6 is 0 Å². The minimum atomic E-state index is -0.333. The molecule has 5 nitrogen and oxygen atoms in total. The Balaban J connectivity index is 1.49. The summed E-state index contributed by atoms with van der Waals surface area (Å²) in [5.74, 6) is 0.0398. The molecular formula is C19H23FN4O. The molecule has 2 aliphatic rings. The van der Waals surface area contributed by atoms with Crippen LogP contribution in [0.2, 0.25) is 0 Å². The van der Waals surface area contributed by atoms with E-state index >= 15 is 0 Å². The van der Waals surface area contributed by atoms with Crippen molar-refractivity contribution in [3.05, 3.63) is 47.5 Å². The number of halogens is 1. The maximum absolute atomic E-state index is 14.1. The van der Waals surface area contributed by atoms with Crippen LogP contribution in [0.4, 0.5) is 10.1 Å². The Hall–Kier alpha value is -2.21. The second-order valence-corrected chi connectivity index (χ2v) is 7.06. The highest BCUT2D eigenvalue weighted by atomic mass is 19.1. The molecule has 6 heteroatoms. The Kier molecular flexibility index (Phi) is 4.29. The van der Waals surface area contributed by atoms with E-state index in [9.17, 15) is 9.18 Å². The summed E-state index contributed by atoms with van der Waals surface area (Å²) in [6.07, 6.45) is 2.90. The number of hydrogen-bond donors (Lipinski definition) is 1. The van der Waals surface area contributed by atoms with Crippen molar-refractivity contribution >= 4 is 11.6 Å². The highest BCUT2D eigenvalue weighted by Crippen LogP contribution is 2.32. The summed E-state index contributed by atoms with van der Waals surface area (Å²) >= 11 is 0. The van der Waals surface area contributed by atoms with Crippen LogP contribution in [-0.4, -0.2) is 46.7 Å². The van der Waals surface area contributed by atoms with Gasteiger partial charge >= 0.3 is 0 Å². The number of carbonyl (C=O) groups is 1.